The van der Waals surface area contributed by atoms with Gasteiger partial charge < -0.3 is 19.4 Å². The zero-order valence-corrected chi connectivity index (χ0v) is 24.3. The molecule has 2 atom stereocenters. The lowest BCUT2D eigenvalue weighted by molar-refractivity contribution is -0.128. The number of rotatable bonds is 7. The summed E-state index contributed by atoms with van der Waals surface area (Å²) in [6.45, 7) is 6.04. The van der Waals surface area contributed by atoms with E-state index in [0.29, 0.717) is 32.6 Å². The van der Waals surface area contributed by atoms with Gasteiger partial charge in [0.15, 0.2) is 0 Å². The summed E-state index contributed by atoms with van der Waals surface area (Å²) in [6.07, 6.45) is 1.89. The third kappa shape index (κ3) is 5.84. The lowest BCUT2D eigenvalue weighted by atomic mass is 10.0. The number of fused-ring (bicyclic) bond motifs is 2. The minimum absolute atomic E-state index is 0.0516. The second-order valence-electron chi connectivity index (χ2n) is 11.6. The lowest BCUT2D eigenvalue weighted by Crippen LogP contribution is -2.55. The molecule has 4 heterocycles. The number of carbonyl (C=O) groups excluding carboxylic acids is 1. The van der Waals surface area contributed by atoms with Crippen molar-refractivity contribution in [3.05, 3.63) is 66.4 Å². The van der Waals surface area contributed by atoms with Gasteiger partial charge in [0.05, 0.1) is 37.3 Å². The van der Waals surface area contributed by atoms with Crippen LogP contribution in [0.25, 0.3) is 10.8 Å². The van der Waals surface area contributed by atoms with E-state index in [1.165, 1.54) is 6.08 Å². The number of hydrogen-bond acceptors (Lipinski definition) is 8. The minimum atomic E-state index is -2.75. The van der Waals surface area contributed by atoms with E-state index >= 15 is 0 Å². The zero-order chi connectivity index (χ0) is 30.1. The van der Waals surface area contributed by atoms with Gasteiger partial charge in [0.2, 0.25) is 5.91 Å². The predicted molar refractivity (Wildman–Crippen MR) is 160 cm³/mol. The molecule has 9 nitrogen and oxygen atoms in total. The van der Waals surface area contributed by atoms with Crippen LogP contribution in [0, 0.1) is 11.3 Å². The number of likely N-dealkylation sites (N-methyl/N-ethyl adjacent to an activating group) is 1. The maximum absolute atomic E-state index is 14.0. The molecule has 1 amide bonds. The average Bonchev–Trinajstić information content (AvgIpc) is 3.29. The van der Waals surface area contributed by atoms with Crippen molar-refractivity contribution in [1.82, 2.24) is 19.8 Å². The van der Waals surface area contributed by atoms with E-state index in [-0.39, 0.29) is 44.0 Å². The van der Waals surface area contributed by atoms with Crippen molar-refractivity contribution in [3.8, 4) is 12.1 Å². The van der Waals surface area contributed by atoms with Crippen LogP contribution in [0.4, 0.5) is 20.3 Å². The number of likely N-dealkylation sites (tertiary alicyclic amines) is 1. The lowest BCUT2D eigenvalue weighted by Gasteiger charge is -2.42. The summed E-state index contributed by atoms with van der Waals surface area (Å²) in [4.78, 5) is 29.9. The number of ether oxygens (including phenoxy) is 1. The van der Waals surface area contributed by atoms with E-state index in [4.69, 9.17) is 14.7 Å². The maximum atomic E-state index is 14.0. The van der Waals surface area contributed by atoms with Crippen LogP contribution in [0.2, 0.25) is 0 Å². The molecule has 3 aromatic rings. The monoisotopic (exact) mass is 587 g/mol. The third-order valence-corrected chi connectivity index (χ3v) is 8.74. The van der Waals surface area contributed by atoms with Crippen LogP contribution < -0.4 is 14.5 Å². The van der Waals surface area contributed by atoms with Crippen molar-refractivity contribution in [2.45, 2.75) is 43.8 Å². The second kappa shape index (κ2) is 11.8. The quantitative estimate of drug-likeness (QED) is 0.383. The van der Waals surface area contributed by atoms with E-state index in [0.717, 1.165) is 40.1 Å². The number of hydrogen-bond donors (Lipinski definition) is 0. The van der Waals surface area contributed by atoms with Crippen molar-refractivity contribution in [2.75, 3.05) is 56.2 Å². The molecule has 2 aromatic carbocycles. The molecule has 2 fully saturated rings. The summed E-state index contributed by atoms with van der Waals surface area (Å²) in [6, 6.07) is 16.1. The highest BCUT2D eigenvalue weighted by molar-refractivity contribution is 5.94. The number of nitriles is 1. The average molecular weight is 588 g/mol. The van der Waals surface area contributed by atoms with E-state index in [9.17, 15) is 18.8 Å². The van der Waals surface area contributed by atoms with E-state index in [1.54, 1.807) is 16.8 Å². The van der Waals surface area contributed by atoms with Crippen molar-refractivity contribution < 1.29 is 18.3 Å². The summed E-state index contributed by atoms with van der Waals surface area (Å²) in [5, 5.41) is 11.8. The van der Waals surface area contributed by atoms with Crippen molar-refractivity contribution in [3.63, 3.8) is 0 Å². The summed E-state index contributed by atoms with van der Waals surface area (Å²) >= 11 is 0. The van der Waals surface area contributed by atoms with Crippen LogP contribution in [-0.4, -0.2) is 90.1 Å². The molecule has 0 aliphatic carbocycles. The molecule has 43 heavy (non-hydrogen) atoms. The molecule has 0 radical (unpaired) electrons. The van der Waals surface area contributed by atoms with Gasteiger partial charge >= 0.3 is 6.01 Å². The van der Waals surface area contributed by atoms with Gasteiger partial charge in [0.1, 0.15) is 12.4 Å². The number of nitrogens with zero attached hydrogens (tertiary/aromatic N) is 7. The number of carbonyl (C=O) groups is 1. The van der Waals surface area contributed by atoms with Crippen LogP contribution in [-0.2, 0) is 17.8 Å². The molecule has 1 aromatic heterocycles. The Kier molecular flexibility index (Phi) is 7.88. The molecule has 0 saturated carbocycles. The Morgan fingerprint density at radius 1 is 1.14 bits per heavy atom. The van der Waals surface area contributed by atoms with Gasteiger partial charge in [0, 0.05) is 55.3 Å². The fourth-order valence-electron chi connectivity index (χ4n) is 6.56. The number of halogens is 2. The van der Waals surface area contributed by atoms with Gasteiger partial charge in [-0.3, -0.25) is 9.69 Å². The first-order valence-corrected chi connectivity index (χ1v) is 14.6. The highest BCUT2D eigenvalue weighted by atomic mass is 19.3. The Balaban J connectivity index is 1.32. The van der Waals surface area contributed by atoms with Gasteiger partial charge in [-0.25, -0.2) is 8.78 Å². The van der Waals surface area contributed by atoms with Gasteiger partial charge in [-0.15, -0.1) is 0 Å². The maximum Gasteiger partial charge on any atom is 0.318 e. The Labute approximate surface area is 250 Å². The number of amides is 1. The number of benzene rings is 2. The Morgan fingerprint density at radius 3 is 2.72 bits per heavy atom. The molecular weight excluding hydrogens is 552 g/mol. The molecule has 3 aliphatic rings. The van der Waals surface area contributed by atoms with E-state index in [1.807, 2.05) is 12.1 Å². The third-order valence-electron chi connectivity index (χ3n) is 8.74. The summed E-state index contributed by atoms with van der Waals surface area (Å²) < 4.78 is 34.1. The van der Waals surface area contributed by atoms with Gasteiger partial charge in [-0.05, 0) is 31.0 Å². The molecule has 2 saturated heterocycles. The van der Waals surface area contributed by atoms with Crippen LogP contribution in [0.5, 0.6) is 6.01 Å². The van der Waals surface area contributed by atoms with Crippen molar-refractivity contribution in [2.24, 2.45) is 0 Å². The smallest absolute Gasteiger partial charge is 0.318 e. The van der Waals surface area contributed by atoms with Gasteiger partial charge in [-0.1, -0.05) is 43.0 Å². The van der Waals surface area contributed by atoms with Crippen LogP contribution in [0.15, 0.2) is 55.1 Å². The largest absolute Gasteiger partial charge is 0.462 e. The van der Waals surface area contributed by atoms with E-state index in [2.05, 4.69) is 52.8 Å². The molecule has 0 spiro atoms. The molecule has 224 valence electrons. The molecule has 0 N–H and O–H groups in total. The second-order valence-corrected chi connectivity index (χ2v) is 11.6. The summed E-state index contributed by atoms with van der Waals surface area (Å²) in [5.41, 5.74) is 2.95. The normalized spacial score (nSPS) is 21.9. The summed E-state index contributed by atoms with van der Waals surface area (Å²) in [5.74, 6) is -2.23. The van der Waals surface area contributed by atoms with E-state index < -0.39 is 12.0 Å². The predicted octanol–water partition coefficient (Wildman–Crippen LogP) is 4.03. The number of alkyl halides is 2. The highest BCUT2D eigenvalue weighted by Crippen LogP contribution is 2.35. The molecule has 11 heteroatoms. The van der Waals surface area contributed by atoms with Crippen molar-refractivity contribution >= 4 is 28.2 Å². The Morgan fingerprint density at radius 2 is 1.95 bits per heavy atom. The molecular formula is C32H35F2N7O2. The first-order valence-electron chi connectivity index (χ1n) is 14.6. The zero-order valence-electron chi connectivity index (χ0n) is 24.3. The van der Waals surface area contributed by atoms with Crippen LogP contribution in [0.1, 0.15) is 24.1 Å². The summed E-state index contributed by atoms with van der Waals surface area (Å²) in [7, 11) is 1.68. The fraction of sp³-hybridized carbons (Fsp3) is 0.438. The van der Waals surface area contributed by atoms with Gasteiger partial charge in [-0.2, -0.15) is 15.2 Å². The standard InChI is InChI=1S/C32H35F2N7O2/c1-3-29(42)41-16-15-40(18-23(41)11-13-35)30-26-12-14-39(28-10-6-8-22-7-4-5-9-25(22)28)19-27(26)36-31(37-30)43-20-24-17-32(33,34)21-38(24)2/h3-10,23-24H,1,11-12,14-21H2,2H3/t23-,24-/m0/s1. The molecule has 0 bridgehead atoms. The Hall–Kier alpha value is -4.30. The topological polar surface area (TPSA) is 88.8 Å². The first-order chi connectivity index (χ1) is 20.8. The SMILES string of the molecule is C=CC(=O)N1CCN(c2nc(OC[C@@H]3CC(F)(F)CN3C)nc3c2CCN(c2cccc4ccccc24)C3)C[C@@H]1CC#N. The van der Waals surface area contributed by atoms with Gasteiger partial charge in [0.25, 0.3) is 5.92 Å². The number of piperazine rings is 1. The van der Waals surface area contributed by atoms with Crippen molar-refractivity contribution in [1.29, 1.82) is 5.26 Å². The number of aromatic nitrogens is 2. The van der Waals surface area contributed by atoms with Crippen LogP contribution >= 0.6 is 0 Å². The Bertz CT molecular complexity index is 1570. The molecule has 0 unspecified atom stereocenters. The van der Waals surface area contributed by atoms with Crippen LogP contribution in [0.3, 0.4) is 0 Å². The minimum Gasteiger partial charge on any atom is -0.462 e. The molecule has 6 rings (SSSR count). The first kappa shape index (κ1) is 28.8. The highest BCUT2D eigenvalue weighted by Gasteiger charge is 2.43. The molecule has 3 aliphatic heterocycles. The number of anilines is 2. The fourth-order valence-corrected chi connectivity index (χ4v) is 6.56.